The Morgan fingerprint density at radius 3 is 2.67 bits per heavy atom. The lowest BCUT2D eigenvalue weighted by molar-refractivity contribution is -0.115. The minimum atomic E-state index is -0.381. The third kappa shape index (κ3) is 4.53. The normalized spacial score (nSPS) is 10.5. The highest BCUT2D eigenvalue weighted by Crippen LogP contribution is 2.29. The molecule has 0 radical (unpaired) electrons. The average molecular weight is 384 g/mol. The fraction of sp³-hybridized carbons (Fsp3) is 0.211. The fourth-order valence-electron chi connectivity index (χ4n) is 2.47. The van der Waals surface area contributed by atoms with Crippen LogP contribution in [0.2, 0.25) is 0 Å². The molecule has 3 aromatic rings. The number of carbonyl (C=O) groups excluding carboxylic acids is 2. The van der Waals surface area contributed by atoms with Gasteiger partial charge in [0, 0.05) is 12.1 Å². The molecule has 1 aromatic heterocycles. The number of ether oxygens (including phenoxy) is 1. The summed E-state index contributed by atoms with van der Waals surface area (Å²) in [5.74, 6) is 0.501. The van der Waals surface area contributed by atoms with Gasteiger partial charge in [0.15, 0.2) is 5.13 Å². The smallest absolute Gasteiger partial charge is 0.323 e. The summed E-state index contributed by atoms with van der Waals surface area (Å²) in [6.07, 6.45) is 0.394. The second kappa shape index (κ2) is 8.05. The molecule has 3 N–H and O–H groups in total. The number of amides is 3. The van der Waals surface area contributed by atoms with Crippen LogP contribution in [0.15, 0.2) is 36.4 Å². The molecule has 7 nitrogen and oxygen atoms in total. The van der Waals surface area contributed by atoms with E-state index in [2.05, 4.69) is 20.9 Å². The molecule has 0 atom stereocenters. The molecule has 0 aliphatic carbocycles. The van der Waals surface area contributed by atoms with E-state index in [-0.39, 0.29) is 11.9 Å². The third-order valence-electron chi connectivity index (χ3n) is 3.82. The van der Waals surface area contributed by atoms with E-state index in [9.17, 15) is 9.59 Å². The maximum Gasteiger partial charge on any atom is 0.323 e. The topological polar surface area (TPSA) is 92.4 Å². The number of aromatic nitrogens is 1. The number of aryl methyl sites for hydroxylation is 1. The summed E-state index contributed by atoms with van der Waals surface area (Å²) in [5, 5.41) is 8.87. The monoisotopic (exact) mass is 384 g/mol. The Balaban J connectivity index is 1.73. The zero-order valence-corrected chi connectivity index (χ0v) is 16.1. The molecule has 140 valence electrons. The molecule has 27 heavy (non-hydrogen) atoms. The minimum Gasteiger partial charge on any atom is -0.495 e. The van der Waals surface area contributed by atoms with E-state index in [1.165, 1.54) is 11.3 Å². The number of methoxy groups -OCH3 is 1. The summed E-state index contributed by atoms with van der Waals surface area (Å²) in [7, 11) is 1.55. The van der Waals surface area contributed by atoms with Crippen LogP contribution < -0.4 is 20.7 Å². The quantitative estimate of drug-likeness (QED) is 0.599. The molecule has 2 aromatic carbocycles. The number of benzene rings is 2. The van der Waals surface area contributed by atoms with Gasteiger partial charge in [-0.3, -0.25) is 4.79 Å². The molecule has 0 bridgehead atoms. The standard InChI is InChI=1S/C19H20N4O3S/c1-4-17(24)23-19-22-14-10-12(6-8-16(14)27-19)20-18(25)21-13-9-11(2)5-7-15(13)26-3/h5-10H,4H2,1-3H3,(H2,20,21,25)(H,22,23,24). The molecular weight excluding hydrogens is 364 g/mol. The van der Waals surface area contributed by atoms with Gasteiger partial charge in [-0.2, -0.15) is 0 Å². The molecule has 0 aliphatic heterocycles. The number of rotatable bonds is 5. The van der Waals surface area contributed by atoms with Crippen LogP contribution in [0.1, 0.15) is 18.9 Å². The van der Waals surface area contributed by atoms with Crippen molar-refractivity contribution in [2.45, 2.75) is 20.3 Å². The number of urea groups is 1. The molecule has 1 heterocycles. The number of thiazole rings is 1. The minimum absolute atomic E-state index is 0.0844. The molecule has 0 spiro atoms. The molecule has 0 aliphatic rings. The molecule has 8 heteroatoms. The van der Waals surface area contributed by atoms with Crippen molar-refractivity contribution >= 4 is 50.0 Å². The lowest BCUT2D eigenvalue weighted by atomic mass is 10.2. The largest absolute Gasteiger partial charge is 0.495 e. The molecule has 0 saturated carbocycles. The zero-order valence-electron chi connectivity index (χ0n) is 15.3. The van der Waals surface area contributed by atoms with Crippen molar-refractivity contribution < 1.29 is 14.3 Å². The van der Waals surface area contributed by atoms with Crippen molar-refractivity contribution in [1.29, 1.82) is 0 Å². The first-order valence-electron chi connectivity index (χ1n) is 8.41. The maximum atomic E-state index is 12.3. The Hall–Kier alpha value is -3.13. The Labute approximate surface area is 160 Å². The summed E-state index contributed by atoms with van der Waals surface area (Å²) in [6, 6.07) is 10.6. The predicted octanol–water partition coefficient (Wildman–Crippen LogP) is 4.61. The number of carbonyl (C=O) groups is 2. The SMILES string of the molecule is CCC(=O)Nc1nc2cc(NC(=O)Nc3cc(C)ccc3OC)ccc2s1. The predicted molar refractivity (Wildman–Crippen MR) is 109 cm³/mol. The first-order chi connectivity index (χ1) is 13.0. The molecule has 0 saturated heterocycles. The van der Waals surface area contributed by atoms with Crippen LogP contribution in [0.25, 0.3) is 10.2 Å². The van der Waals surface area contributed by atoms with Gasteiger partial charge in [-0.25, -0.2) is 9.78 Å². The van der Waals surface area contributed by atoms with Crippen molar-refractivity contribution in [1.82, 2.24) is 4.98 Å². The van der Waals surface area contributed by atoms with Crippen molar-refractivity contribution in [2.75, 3.05) is 23.1 Å². The highest BCUT2D eigenvalue weighted by Gasteiger charge is 2.10. The van der Waals surface area contributed by atoms with E-state index < -0.39 is 0 Å². The summed E-state index contributed by atoms with van der Waals surface area (Å²) in [6.45, 7) is 3.72. The van der Waals surface area contributed by atoms with Crippen LogP contribution in [0, 0.1) is 6.92 Å². The van der Waals surface area contributed by atoms with Crippen molar-refractivity contribution in [2.24, 2.45) is 0 Å². The Bertz CT molecular complexity index is 1000. The second-order valence-corrected chi connectivity index (χ2v) is 6.92. The molecule has 0 fully saturated rings. The van der Waals surface area contributed by atoms with Crippen LogP contribution in [-0.4, -0.2) is 24.0 Å². The van der Waals surface area contributed by atoms with E-state index in [0.29, 0.717) is 34.2 Å². The van der Waals surface area contributed by atoms with Gasteiger partial charge in [0.1, 0.15) is 5.75 Å². The van der Waals surface area contributed by atoms with Gasteiger partial charge in [-0.1, -0.05) is 24.3 Å². The summed E-state index contributed by atoms with van der Waals surface area (Å²) in [4.78, 5) is 28.2. The van der Waals surface area contributed by atoms with Crippen LogP contribution in [0.4, 0.5) is 21.3 Å². The number of hydrogen-bond donors (Lipinski definition) is 3. The van der Waals surface area contributed by atoms with Gasteiger partial charge in [0.2, 0.25) is 5.91 Å². The van der Waals surface area contributed by atoms with Crippen LogP contribution >= 0.6 is 11.3 Å². The van der Waals surface area contributed by atoms with Crippen LogP contribution in [0.5, 0.6) is 5.75 Å². The van der Waals surface area contributed by atoms with Crippen LogP contribution in [0.3, 0.4) is 0 Å². The highest BCUT2D eigenvalue weighted by atomic mass is 32.1. The lowest BCUT2D eigenvalue weighted by Gasteiger charge is -2.12. The van der Waals surface area contributed by atoms with Crippen molar-refractivity contribution in [3.8, 4) is 5.75 Å². The average Bonchev–Trinajstić information content (AvgIpc) is 3.03. The summed E-state index contributed by atoms with van der Waals surface area (Å²) >= 11 is 1.39. The first kappa shape index (κ1) is 18.7. The Kier molecular flexibility index (Phi) is 5.56. The van der Waals surface area contributed by atoms with Gasteiger partial charge < -0.3 is 20.7 Å². The van der Waals surface area contributed by atoms with Gasteiger partial charge in [0.05, 0.1) is 23.0 Å². The number of hydrogen-bond acceptors (Lipinski definition) is 5. The van der Waals surface area contributed by atoms with Gasteiger partial charge in [-0.15, -0.1) is 0 Å². The fourth-order valence-corrected chi connectivity index (χ4v) is 3.33. The first-order valence-corrected chi connectivity index (χ1v) is 9.23. The van der Waals surface area contributed by atoms with E-state index >= 15 is 0 Å². The zero-order chi connectivity index (χ0) is 19.4. The summed E-state index contributed by atoms with van der Waals surface area (Å²) in [5.41, 5.74) is 2.91. The van der Waals surface area contributed by atoms with Gasteiger partial charge in [0.25, 0.3) is 0 Å². The molecular formula is C19H20N4O3S. The number of anilines is 3. The molecule has 0 unspecified atom stereocenters. The Morgan fingerprint density at radius 2 is 1.93 bits per heavy atom. The lowest BCUT2D eigenvalue weighted by Crippen LogP contribution is -2.19. The second-order valence-electron chi connectivity index (χ2n) is 5.89. The molecule has 3 amide bonds. The number of fused-ring (bicyclic) bond motifs is 1. The number of nitrogens with zero attached hydrogens (tertiary/aromatic N) is 1. The van der Waals surface area contributed by atoms with Gasteiger partial charge >= 0.3 is 6.03 Å². The van der Waals surface area contributed by atoms with E-state index in [0.717, 1.165) is 10.3 Å². The van der Waals surface area contributed by atoms with Gasteiger partial charge in [-0.05, 0) is 42.8 Å². The number of nitrogens with one attached hydrogen (secondary N) is 3. The third-order valence-corrected chi connectivity index (χ3v) is 4.77. The highest BCUT2D eigenvalue weighted by molar-refractivity contribution is 7.22. The van der Waals surface area contributed by atoms with Crippen molar-refractivity contribution in [3.05, 3.63) is 42.0 Å². The maximum absolute atomic E-state index is 12.3. The molecule has 3 rings (SSSR count). The van der Waals surface area contributed by atoms with E-state index in [1.54, 1.807) is 32.2 Å². The van der Waals surface area contributed by atoms with Crippen LogP contribution in [-0.2, 0) is 4.79 Å². The Morgan fingerprint density at radius 1 is 1.11 bits per heavy atom. The van der Waals surface area contributed by atoms with E-state index in [4.69, 9.17) is 4.74 Å². The van der Waals surface area contributed by atoms with Crippen molar-refractivity contribution in [3.63, 3.8) is 0 Å². The van der Waals surface area contributed by atoms with E-state index in [1.807, 2.05) is 25.1 Å². The summed E-state index contributed by atoms with van der Waals surface area (Å²) < 4.78 is 6.19.